The average Bonchev–Trinajstić information content (AvgIpc) is 2.47. The Morgan fingerprint density at radius 2 is 1.95 bits per heavy atom. The molecule has 0 saturated heterocycles. The maximum Gasteiger partial charge on any atom is 0.255 e. The summed E-state index contributed by atoms with van der Waals surface area (Å²) in [5.74, 6) is -0.850. The molecular formula is C16H16ClFN2O. The second-order valence-electron chi connectivity index (χ2n) is 5.10. The second-order valence-corrected chi connectivity index (χ2v) is 5.46. The van der Waals surface area contributed by atoms with Crippen LogP contribution < -0.4 is 5.32 Å². The molecule has 0 spiro atoms. The Bertz CT molecular complexity index is 631. The van der Waals surface area contributed by atoms with Gasteiger partial charge >= 0.3 is 0 Å². The molecule has 0 aliphatic rings. The topological polar surface area (TPSA) is 42.0 Å². The van der Waals surface area contributed by atoms with E-state index in [4.69, 9.17) is 11.6 Å². The quantitative estimate of drug-likeness (QED) is 0.867. The summed E-state index contributed by atoms with van der Waals surface area (Å²) < 4.78 is 13.2. The van der Waals surface area contributed by atoms with Crippen molar-refractivity contribution in [1.82, 2.24) is 10.3 Å². The molecule has 0 radical (unpaired) electrons. The smallest absolute Gasteiger partial charge is 0.255 e. The highest BCUT2D eigenvalue weighted by atomic mass is 35.5. The van der Waals surface area contributed by atoms with E-state index in [0.717, 1.165) is 17.8 Å². The predicted octanol–water partition coefficient (Wildman–Crippen LogP) is 4.00. The molecule has 110 valence electrons. The van der Waals surface area contributed by atoms with Crippen molar-refractivity contribution in [2.45, 2.75) is 19.9 Å². The number of nitrogens with one attached hydrogen (secondary N) is 1. The summed E-state index contributed by atoms with van der Waals surface area (Å²) in [6, 6.07) is 10.5. The molecule has 1 aromatic carbocycles. The Morgan fingerprint density at radius 1 is 1.29 bits per heavy atom. The lowest BCUT2D eigenvalue weighted by molar-refractivity contribution is 0.0925. The molecule has 1 N–H and O–H groups in total. The maximum absolute atomic E-state index is 13.2. The van der Waals surface area contributed by atoms with Crippen LogP contribution in [0, 0.1) is 11.7 Å². The first-order valence-electron chi connectivity index (χ1n) is 6.66. The first-order chi connectivity index (χ1) is 9.99. The molecule has 1 unspecified atom stereocenters. The van der Waals surface area contributed by atoms with Crippen LogP contribution in [-0.2, 0) is 0 Å². The second kappa shape index (κ2) is 6.68. The van der Waals surface area contributed by atoms with E-state index in [1.54, 1.807) is 0 Å². The molecule has 0 aliphatic carbocycles. The fourth-order valence-corrected chi connectivity index (χ4v) is 2.29. The molecule has 3 nitrogen and oxygen atoms in total. The number of carbonyl (C=O) groups is 1. The number of pyridine rings is 1. The molecule has 1 aromatic heterocycles. The molecule has 0 saturated carbocycles. The van der Waals surface area contributed by atoms with Crippen molar-refractivity contribution in [3.05, 3.63) is 64.7 Å². The van der Waals surface area contributed by atoms with Gasteiger partial charge in [-0.15, -0.1) is 0 Å². The molecule has 1 atom stereocenters. The Labute approximate surface area is 128 Å². The first kappa shape index (κ1) is 15.4. The van der Waals surface area contributed by atoms with Gasteiger partial charge in [-0.2, -0.15) is 0 Å². The van der Waals surface area contributed by atoms with Gasteiger partial charge in [-0.25, -0.2) is 9.37 Å². The number of nitrogens with zero attached hydrogens (tertiary/aromatic N) is 1. The molecular weight excluding hydrogens is 291 g/mol. The number of benzene rings is 1. The van der Waals surface area contributed by atoms with Crippen molar-refractivity contribution in [2.75, 3.05) is 0 Å². The average molecular weight is 307 g/mol. The van der Waals surface area contributed by atoms with Gasteiger partial charge < -0.3 is 5.32 Å². The van der Waals surface area contributed by atoms with Gasteiger partial charge in [-0.3, -0.25) is 4.79 Å². The summed E-state index contributed by atoms with van der Waals surface area (Å²) in [5.41, 5.74) is 1.03. The molecule has 1 amide bonds. The maximum atomic E-state index is 13.2. The van der Waals surface area contributed by atoms with E-state index in [1.165, 1.54) is 0 Å². The standard InChI is InChI=1S/C16H16ClFN2O/c1-10(2)14(11-6-4-3-5-7-11)20-16(21)13-8-12(18)9-19-15(13)17/h3-10,14H,1-2H3,(H,20,21). The van der Waals surface area contributed by atoms with E-state index < -0.39 is 11.7 Å². The van der Waals surface area contributed by atoms with E-state index in [-0.39, 0.29) is 22.7 Å². The van der Waals surface area contributed by atoms with Gasteiger partial charge in [-0.1, -0.05) is 55.8 Å². The zero-order valence-corrected chi connectivity index (χ0v) is 12.6. The summed E-state index contributed by atoms with van der Waals surface area (Å²) in [6.45, 7) is 4.01. The third kappa shape index (κ3) is 3.79. The number of hydrogen-bond acceptors (Lipinski definition) is 2. The first-order valence-corrected chi connectivity index (χ1v) is 7.03. The van der Waals surface area contributed by atoms with Gasteiger partial charge in [0.05, 0.1) is 17.8 Å². The zero-order valence-electron chi connectivity index (χ0n) is 11.8. The molecule has 2 rings (SSSR count). The minimum atomic E-state index is -0.592. The predicted molar refractivity (Wildman–Crippen MR) is 80.7 cm³/mol. The number of aromatic nitrogens is 1. The third-order valence-electron chi connectivity index (χ3n) is 3.16. The molecule has 1 heterocycles. The molecule has 2 aromatic rings. The monoisotopic (exact) mass is 306 g/mol. The van der Waals surface area contributed by atoms with E-state index >= 15 is 0 Å². The largest absolute Gasteiger partial charge is 0.345 e. The highest BCUT2D eigenvalue weighted by Crippen LogP contribution is 2.23. The lowest BCUT2D eigenvalue weighted by Crippen LogP contribution is -2.32. The Hall–Kier alpha value is -1.94. The van der Waals surface area contributed by atoms with Crippen molar-refractivity contribution in [3.8, 4) is 0 Å². The van der Waals surface area contributed by atoms with Crippen molar-refractivity contribution in [1.29, 1.82) is 0 Å². The minimum absolute atomic E-state index is 0.00975. The highest BCUT2D eigenvalue weighted by Gasteiger charge is 2.21. The third-order valence-corrected chi connectivity index (χ3v) is 3.46. The summed E-state index contributed by atoms with van der Waals surface area (Å²) in [4.78, 5) is 16.0. The highest BCUT2D eigenvalue weighted by molar-refractivity contribution is 6.32. The van der Waals surface area contributed by atoms with Crippen LogP contribution in [0.5, 0.6) is 0 Å². The zero-order chi connectivity index (χ0) is 15.4. The van der Waals surface area contributed by atoms with Crippen LogP contribution in [0.25, 0.3) is 0 Å². The van der Waals surface area contributed by atoms with Gasteiger partial charge in [0, 0.05) is 0 Å². The summed E-state index contributed by atoms with van der Waals surface area (Å²) in [5, 5.41) is 2.88. The van der Waals surface area contributed by atoms with Crippen LogP contribution in [-0.4, -0.2) is 10.9 Å². The van der Waals surface area contributed by atoms with Gasteiger partial charge in [0.25, 0.3) is 5.91 Å². The Balaban J connectivity index is 2.25. The van der Waals surface area contributed by atoms with Crippen LogP contribution in [0.4, 0.5) is 4.39 Å². The Morgan fingerprint density at radius 3 is 2.57 bits per heavy atom. The number of hydrogen-bond donors (Lipinski definition) is 1. The fraction of sp³-hybridized carbons (Fsp3) is 0.250. The van der Waals surface area contributed by atoms with Gasteiger partial charge in [0.2, 0.25) is 0 Å². The van der Waals surface area contributed by atoms with Crippen molar-refractivity contribution in [3.63, 3.8) is 0 Å². The van der Waals surface area contributed by atoms with Gasteiger partial charge in [0.1, 0.15) is 11.0 Å². The lowest BCUT2D eigenvalue weighted by atomic mass is 9.96. The van der Waals surface area contributed by atoms with Crippen LogP contribution in [0.2, 0.25) is 5.15 Å². The fourth-order valence-electron chi connectivity index (χ4n) is 2.10. The van der Waals surface area contributed by atoms with E-state index in [2.05, 4.69) is 10.3 Å². The Kier molecular flexibility index (Phi) is 4.91. The van der Waals surface area contributed by atoms with E-state index in [0.29, 0.717) is 0 Å². The molecule has 21 heavy (non-hydrogen) atoms. The summed E-state index contributed by atoms with van der Waals surface area (Å²) in [6.07, 6.45) is 0.982. The number of halogens is 2. The summed E-state index contributed by atoms with van der Waals surface area (Å²) in [7, 11) is 0. The van der Waals surface area contributed by atoms with Crippen molar-refractivity contribution >= 4 is 17.5 Å². The number of rotatable bonds is 4. The van der Waals surface area contributed by atoms with E-state index in [1.807, 2.05) is 44.2 Å². The van der Waals surface area contributed by atoms with Crippen LogP contribution in [0.15, 0.2) is 42.6 Å². The SMILES string of the molecule is CC(C)C(NC(=O)c1cc(F)cnc1Cl)c1ccccc1. The normalized spacial score (nSPS) is 12.2. The van der Waals surface area contributed by atoms with E-state index in [9.17, 15) is 9.18 Å². The van der Waals surface area contributed by atoms with Crippen LogP contribution in [0.1, 0.15) is 35.8 Å². The minimum Gasteiger partial charge on any atom is -0.345 e. The van der Waals surface area contributed by atoms with Crippen molar-refractivity contribution < 1.29 is 9.18 Å². The number of amides is 1. The van der Waals surface area contributed by atoms with Crippen LogP contribution in [0.3, 0.4) is 0 Å². The summed E-state index contributed by atoms with van der Waals surface area (Å²) >= 11 is 5.86. The number of carbonyl (C=O) groups excluding carboxylic acids is 1. The molecule has 0 fully saturated rings. The molecule has 0 aliphatic heterocycles. The molecule has 0 bridgehead atoms. The van der Waals surface area contributed by atoms with Gasteiger partial charge in [-0.05, 0) is 17.5 Å². The van der Waals surface area contributed by atoms with Crippen molar-refractivity contribution in [2.24, 2.45) is 5.92 Å². The molecule has 5 heteroatoms. The van der Waals surface area contributed by atoms with Gasteiger partial charge in [0.15, 0.2) is 0 Å². The lowest BCUT2D eigenvalue weighted by Gasteiger charge is -2.23. The van der Waals surface area contributed by atoms with Crippen LogP contribution >= 0.6 is 11.6 Å².